The second-order valence-corrected chi connectivity index (χ2v) is 9.81. The molecule has 5 heteroatoms. The second kappa shape index (κ2) is 9.51. The highest BCUT2D eigenvalue weighted by atomic mass is 19.1. The molecule has 166 valence electrons. The molecule has 1 aromatic rings. The Hall–Kier alpha value is -2.22. The number of benzene rings is 1. The number of esters is 1. The topological polar surface area (TPSA) is 50.1 Å². The van der Waals surface area contributed by atoms with Crippen molar-refractivity contribution < 1.29 is 18.3 Å². The maximum atomic E-state index is 13.8. The van der Waals surface area contributed by atoms with Gasteiger partial charge in [-0.3, -0.25) is 4.79 Å². The third-order valence-corrected chi connectivity index (χ3v) is 8.15. The van der Waals surface area contributed by atoms with E-state index in [1.54, 1.807) is 0 Å². The van der Waals surface area contributed by atoms with Crippen LogP contribution in [0.5, 0.6) is 5.75 Å². The van der Waals surface area contributed by atoms with Crippen molar-refractivity contribution >= 4 is 5.97 Å². The van der Waals surface area contributed by atoms with Crippen LogP contribution in [-0.2, 0) is 4.79 Å². The van der Waals surface area contributed by atoms with Gasteiger partial charge in [-0.2, -0.15) is 5.26 Å². The van der Waals surface area contributed by atoms with E-state index < -0.39 is 23.2 Å². The Kier molecular flexibility index (Phi) is 6.74. The summed E-state index contributed by atoms with van der Waals surface area (Å²) >= 11 is 0. The number of nitriles is 1. The van der Waals surface area contributed by atoms with Crippen LogP contribution in [0.3, 0.4) is 0 Å². The Balaban J connectivity index is 1.28. The van der Waals surface area contributed by atoms with Crippen molar-refractivity contribution in [3.63, 3.8) is 0 Å². The first-order chi connectivity index (χ1) is 15.0. The third kappa shape index (κ3) is 4.84. The first-order valence-corrected chi connectivity index (χ1v) is 11.7. The average molecular weight is 428 g/mol. The van der Waals surface area contributed by atoms with Gasteiger partial charge in [-0.1, -0.05) is 6.08 Å². The number of rotatable bonds is 4. The quantitative estimate of drug-likeness (QED) is 0.310. The van der Waals surface area contributed by atoms with E-state index in [1.807, 2.05) is 0 Å². The van der Waals surface area contributed by atoms with Gasteiger partial charge in [-0.05, 0) is 93.8 Å². The minimum atomic E-state index is -1.01. The molecule has 3 aliphatic rings. The van der Waals surface area contributed by atoms with E-state index in [1.165, 1.54) is 44.6 Å². The molecule has 0 heterocycles. The van der Waals surface area contributed by atoms with Crippen molar-refractivity contribution in [2.75, 3.05) is 0 Å². The fraction of sp³-hybridized carbons (Fsp3) is 0.615. The van der Waals surface area contributed by atoms with Crippen LogP contribution in [0.4, 0.5) is 8.78 Å². The molecule has 0 saturated heterocycles. The average Bonchev–Trinajstić information content (AvgIpc) is 2.78. The van der Waals surface area contributed by atoms with Gasteiger partial charge < -0.3 is 4.74 Å². The molecule has 4 rings (SSSR count). The standard InChI is InChI=1S/C26H31F2NO2/c1-2-16-3-4-21-12-20(10-9-19(21)11-16)17-5-7-18(8-6-17)26(30)31-22-13-24(27)23(15-29)25(28)14-22/h2,13-14,16-21H,1,3-12H2. The molecule has 3 saturated carbocycles. The molecule has 0 radical (unpaired) electrons. The monoisotopic (exact) mass is 427 g/mol. The lowest BCUT2D eigenvalue weighted by molar-refractivity contribution is -0.140. The Morgan fingerprint density at radius 1 is 0.935 bits per heavy atom. The fourth-order valence-electron chi connectivity index (χ4n) is 6.35. The molecule has 0 bridgehead atoms. The van der Waals surface area contributed by atoms with E-state index in [4.69, 9.17) is 10.00 Å². The first kappa shape index (κ1) is 22.0. The maximum absolute atomic E-state index is 13.8. The highest BCUT2D eigenvalue weighted by Crippen LogP contribution is 2.49. The number of ether oxygens (including phenoxy) is 1. The van der Waals surface area contributed by atoms with Crippen LogP contribution >= 0.6 is 0 Å². The Labute approximate surface area is 183 Å². The predicted octanol–water partition coefficient (Wildman–Crippen LogP) is 6.57. The highest BCUT2D eigenvalue weighted by molar-refractivity contribution is 5.75. The lowest BCUT2D eigenvalue weighted by atomic mass is 9.61. The summed E-state index contributed by atoms with van der Waals surface area (Å²) in [5, 5.41) is 8.75. The van der Waals surface area contributed by atoms with Crippen molar-refractivity contribution in [3.8, 4) is 11.8 Å². The van der Waals surface area contributed by atoms with E-state index in [9.17, 15) is 13.6 Å². The van der Waals surface area contributed by atoms with Crippen molar-refractivity contribution in [1.29, 1.82) is 5.26 Å². The summed E-state index contributed by atoms with van der Waals surface area (Å²) in [5.74, 6) is 1.04. The van der Waals surface area contributed by atoms with Crippen LogP contribution in [0.1, 0.15) is 69.8 Å². The minimum Gasteiger partial charge on any atom is -0.426 e. The number of hydrogen-bond donors (Lipinski definition) is 0. The van der Waals surface area contributed by atoms with E-state index in [0.717, 1.165) is 55.6 Å². The number of carbonyl (C=O) groups excluding carboxylic acids is 1. The third-order valence-electron chi connectivity index (χ3n) is 8.15. The Bertz CT molecular complexity index is 846. The molecule has 1 aromatic carbocycles. The molecule has 0 amide bonds. The van der Waals surface area contributed by atoms with Crippen LogP contribution in [0.2, 0.25) is 0 Å². The summed E-state index contributed by atoms with van der Waals surface area (Å²) in [7, 11) is 0. The van der Waals surface area contributed by atoms with Crippen molar-refractivity contribution in [2.24, 2.45) is 35.5 Å². The molecule has 0 aromatic heterocycles. The number of allylic oxidation sites excluding steroid dienone is 1. The van der Waals surface area contributed by atoms with Crippen LogP contribution in [0, 0.1) is 58.5 Å². The van der Waals surface area contributed by atoms with Crippen molar-refractivity contribution in [1.82, 2.24) is 0 Å². The summed E-state index contributed by atoms with van der Waals surface area (Å²) in [6.07, 6.45) is 13.6. The highest BCUT2D eigenvalue weighted by Gasteiger charge is 2.39. The van der Waals surface area contributed by atoms with Crippen molar-refractivity contribution in [2.45, 2.75) is 64.2 Å². The molecule has 0 N–H and O–H groups in total. The van der Waals surface area contributed by atoms with Crippen LogP contribution in [0.15, 0.2) is 24.8 Å². The van der Waals surface area contributed by atoms with Gasteiger partial charge in [0.05, 0.1) is 5.92 Å². The smallest absolute Gasteiger partial charge is 0.314 e. The zero-order chi connectivity index (χ0) is 22.0. The van der Waals surface area contributed by atoms with Gasteiger partial charge in [0.15, 0.2) is 0 Å². The SMILES string of the molecule is C=CC1CCC2CC(C3CCC(C(=O)Oc4cc(F)c(C#N)c(F)c4)CC3)CCC2C1. The van der Waals surface area contributed by atoms with Gasteiger partial charge in [0, 0.05) is 12.1 Å². The van der Waals surface area contributed by atoms with Gasteiger partial charge in [-0.15, -0.1) is 6.58 Å². The normalized spacial score (nSPS) is 33.1. The van der Waals surface area contributed by atoms with Gasteiger partial charge >= 0.3 is 5.97 Å². The molecule has 3 fully saturated rings. The second-order valence-electron chi connectivity index (χ2n) is 9.81. The Morgan fingerprint density at radius 2 is 1.48 bits per heavy atom. The number of nitrogens with zero attached hydrogens (tertiary/aromatic N) is 1. The summed E-state index contributed by atoms with van der Waals surface area (Å²) < 4.78 is 32.8. The summed E-state index contributed by atoms with van der Waals surface area (Å²) in [5.41, 5.74) is -0.659. The fourth-order valence-corrected chi connectivity index (χ4v) is 6.35. The van der Waals surface area contributed by atoms with E-state index >= 15 is 0 Å². The number of carbonyl (C=O) groups is 1. The molecular weight excluding hydrogens is 396 g/mol. The van der Waals surface area contributed by atoms with Crippen LogP contribution in [0.25, 0.3) is 0 Å². The molecule has 3 aliphatic carbocycles. The zero-order valence-corrected chi connectivity index (χ0v) is 18.0. The molecule has 0 spiro atoms. The predicted molar refractivity (Wildman–Crippen MR) is 114 cm³/mol. The molecule has 4 atom stereocenters. The maximum Gasteiger partial charge on any atom is 0.314 e. The largest absolute Gasteiger partial charge is 0.426 e. The molecule has 4 unspecified atom stereocenters. The Morgan fingerprint density at radius 3 is 2.10 bits per heavy atom. The number of hydrogen-bond acceptors (Lipinski definition) is 3. The van der Waals surface area contributed by atoms with Crippen LogP contribution < -0.4 is 4.74 Å². The molecular formula is C26H31F2NO2. The molecule has 0 aliphatic heterocycles. The lowest BCUT2D eigenvalue weighted by Crippen LogP contribution is -2.35. The summed E-state index contributed by atoms with van der Waals surface area (Å²) in [4.78, 5) is 12.5. The summed E-state index contributed by atoms with van der Waals surface area (Å²) in [6.45, 7) is 3.99. The van der Waals surface area contributed by atoms with E-state index in [0.29, 0.717) is 11.8 Å². The molecule has 3 nitrogen and oxygen atoms in total. The lowest BCUT2D eigenvalue weighted by Gasteiger charge is -2.45. The van der Waals surface area contributed by atoms with Gasteiger partial charge in [0.1, 0.15) is 29.0 Å². The minimum absolute atomic E-state index is 0.172. The summed E-state index contributed by atoms with van der Waals surface area (Å²) in [6, 6.07) is 3.29. The zero-order valence-electron chi connectivity index (χ0n) is 18.0. The van der Waals surface area contributed by atoms with Crippen molar-refractivity contribution in [3.05, 3.63) is 42.0 Å². The van der Waals surface area contributed by atoms with Gasteiger partial charge in [0.2, 0.25) is 0 Å². The van der Waals surface area contributed by atoms with Gasteiger partial charge in [-0.25, -0.2) is 8.78 Å². The number of halogens is 2. The van der Waals surface area contributed by atoms with E-state index in [-0.39, 0.29) is 11.7 Å². The first-order valence-electron chi connectivity index (χ1n) is 11.7. The molecule has 31 heavy (non-hydrogen) atoms. The van der Waals surface area contributed by atoms with Crippen LogP contribution in [-0.4, -0.2) is 5.97 Å². The van der Waals surface area contributed by atoms with E-state index in [2.05, 4.69) is 12.7 Å². The number of fused-ring (bicyclic) bond motifs is 1. The van der Waals surface area contributed by atoms with Gasteiger partial charge in [0.25, 0.3) is 0 Å².